The van der Waals surface area contributed by atoms with Crippen molar-refractivity contribution in [2.45, 2.75) is 32.9 Å². The van der Waals surface area contributed by atoms with Crippen molar-refractivity contribution in [3.63, 3.8) is 0 Å². The maximum Gasteiger partial charge on any atom is 0.131 e. The number of furan rings is 1. The fourth-order valence-electron chi connectivity index (χ4n) is 2.49. The molecule has 0 fully saturated rings. The van der Waals surface area contributed by atoms with E-state index in [1.54, 1.807) is 17.6 Å². The van der Waals surface area contributed by atoms with Gasteiger partial charge in [0.05, 0.1) is 28.7 Å². The molecule has 0 saturated carbocycles. The van der Waals surface area contributed by atoms with Crippen molar-refractivity contribution >= 4 is 38.8 Å². The second-order valence-electron chi connectivity index (χ2n) is 5.65. The van der Waals surface area contributed by atoms with Crippen molar-refractivity contribution in [2.75, 3.05) is 12.4 Å². The second-order valence-corrected chi connectivity index (χ2v) is 7.14. The number of aryl methyl sites for hydroxylation is 1. The number of hydrogen-bond donors (Lipinski definition) is 2. The Morgan fingerprint density at radius 2 is 2.26 bits per heavy atom. The molecule has 0 aliphatic rings. The SMILES string of the molecule is CN[C@@H](C)Cc1sc2c(NCc3ccco3)cc(Cl)nc2c1C. The molecular weight excluding hydrogens is 330 g/mol. The van der Waals surface area contributed by atoms with Gasteiger partial charge < -0.3 is 15.1 Å². The van der Waals surface area contributed by atoms with Gasteiger partial charge in [-0.05, 0) is 45.0 Å². The van der Waals surface area contributed by atoms with Crippen molar-refractivity contribution in [3.05, 3.63) is 45.8 Å². The summed E-state index contributed by atoms with van der Waals surface area (Å²) >= 11 is 8.00. The molecule has 0 spiro atoms. The van der Waals surface area contributed by atoms with Gasteiger partial charge in [0.25, 0.3) is 0 Å². The van der Waals surface area contributed by atoms with E-state index in [0.29, 0.717) is 17.7 Å². The van der Waals surface area contributed by atoms with E-state index in [4.69, 9.17) is 16.0 Å². The molecule has 0 amide bonds. The summed E-state index contributed by atoms with van der Waals surface area (Å²) in [6.07, 6.45) is 2.66. The fourth-order valence-corrected chi connectivity index (χ4v) is 4.05. The Kier molecular flexibility index (Phi) is 4.90. The van der Waals surface area contributed by atoms with E-state index in [9.17, 15) is 0 Å². The molecule has 0 unspecified atom stereocenters. The van der Waals surface area contributed by atoms with Gasteiger partial charge in [-0.15, -0.1) is 11.3 Å². The highest BCUT2D eigenvalue weighted by atomic mass is 35.5. The number of likely N-dealkylation sites (N-methyl/N-ethyl adjacent to an activating group) is 1. The first-order chi connectivity index (χ1) is 11.1. The molecule has 0 aliphatic heterocycles. The predicted molar refractivity (Wildman–Crippen MR) is 97.6 cm³/mol. The highest BCUT2D eigenvalue weighted by molar-refractivity contribution is 7.19. The minimum atomic E-state index is 0.428. The first-order valence-corrected chi connectivity index (χ1v) is 8.80. The molecule has 3 aromatic rings. The van der Waals surface area contributed by atoms with Crippen LogP contribution in [-0.4, -0.2) is 18.1 Å². The third-order valence-corrected chi connectivity index (χ3v) is 5.49. The van der Waals surface area contributed by atoms with E-state index in [1.165, 1.54) is 10.4 Å². The molecule has 0 radical (unpaired) electrons. The number of halogens is 1. The Morgan fingerprint density at radius 1 is 1.43 bits per heavy atom. The van der Waals surface area contributed by atoms with Gasteiger partial charge in [0.1, 0.15) is 10.9 Å². The van der Waals surface area contributed by atoms with Crippen LogP contribution in [0, 0.1) is 6.92 Å². The van der Waals surface area contributed by atoms with Gasteiger partial charge in [-0.2, -0.15) is 0 Å². The van der Waals surface area contributed by atoms with Gasteiger partial charge in [0.2, 0.25) is 0 Å². The van der Waals surface area contributed by atoms with Crippen LogP contribution in [-0.2, 0) is 13.0 Å². The Hall–Kier alpha value is -1.56. The summed E-state index contributed by atoms with van der Waals surface area (Å²) in [6, 6.07) is 6.15. The molecule has 3 heterocycles. The number of thiophene rings is 1. The number of fused-ring (bicyclic) bond motifs is 1. The van der Waals surface area contributed by atoms with E-state index >= 15 is 0 Å². The molecule has 0 aliphatic carbocycles. The summed E-state index contributed by atoms with van der Waals surface area (Å²) in [5.74, 6) is 0.892. The van der Waals surface area contributed by atoms with Crippen molar-refractivity contribution in [1.82, 2.24) is 10.3 Å². The maximum atomic E-state index is 6.22. The largest absolute Gasteiger partial charge is 0.467 e. The van der Waals surface area contributed by atoms with Crippen LogP contribution < -0.4 is 10.6 Å². The number of pyridine rings is 1. The van der Waals surface area contributed by atoms with Crippen molar-refractivity contribution in [1.29, 1.82) is 0 Å². The summed E-state index contributed by atoms with van der Waals surface area (Å²) in [4.78, 5) is 5.87. The number of rotatable bonds is 6. The first-order valence-electron chi connectivity index (χ1n) is 7.60. The molecule has 0 saturated heterocycles. The highest BCUT2D eigenvalue weighted by Gasteiger charge is 2.16. The number of hydrogen-bond acceptors (Lipinski definition) is 5. The van der Waals surface area contributed by atoms with Gasteiger partial charge in [-0.3, -0.25) is 0 Å². The topological polar surface area (TPSA) is 50.1 Å². The van der Waals surface area contributed by atoms with Gasteiger partial charge in [0, 0.05) is 17.0 Å². The molecular formula is C17H20ClN3OS. The summed E-state index contributed by atoms with van der Waals surface area (Å²) in [6.45, 7) is 4.93. The lowest BCUT2D eigenvalue weighted by atomic mass is 10.1. The van der Waals surface area contributed by atoms with Gasteiger partial charge in [0.15, 0.2) is 0 Å². The van der Waals surface area contributed by atoms with Crippen LogP contribution in [0.25, 0.3) is 10.2 Å². The van der Waals surface area contributed by atoms with Crippen LogP contribution in [0.15, 0.2) is 28.9 Å². The lowest BCUT2D eigenvalue weighted by Crippen LogP contribution is -2.23. The van der Waals surface area contributed by atoms with E-state index in [1.807, 2.05) is 25.2 Å². The van der Waals surface area contributed by atoms with Crippen LogP contribution in [0.4, 0.5) is 5.69 Å². The zero-order valence-electron chi connectivity index (χ0n) is 13.4. The third-order valence-electron chi connectivity index (χ3n) is 3.96. The Labute approximate surface area is 144 Å². The molecule has 3 aromatic heterocycles. The zero-order chi connectivity index (χ0) is 16.4. The minimum absolute atomic E-state index is 0.428. The molecule has 4 nitrogen and oxygen atoms in total. The van der Waals surface area contributed by atoms with Crippen LogP contribution in [0.3, 0.4) is 0 Å². The highest BCUT2D eigenvalue weighted by Crippen LogP contribution is 2.37. The second kappa shape index (κ2) is 6.91. The van der Waals surface area contributed by atoms with Gasteiger partial charge in [-0.25, -0.2) is 4.98 Å². The Bertz CT molecular complexity index is 798. The monoisotopic (exact) mass is 349 g/mol. The molecule has 2 N–H and O–H groups in total. The molecule has 1 atom stereocenters. The van der Waals surface area contributed by atoms with Crippen LogP contribution in [0.1, 0.15) is 23.1 Å². The van der Waals surface area contributed by atoms with E-state index in [2.05, 4.69) is 29.5 Å². The number of aromatic nitrogens is 1. The number of nitrogens with one attached hydrogen (secondary N) is 2. The quantitative estimate of drug-likeness (QED) is 0.638. The van der Waals surface area contributed by atoms with Crippen molar-refractivity contribution in [3.8, 4) is 0 Å². The average Bonchev–Trinajstić information content (AvgIpc) is 3.15. The van der Waals surface area contributed by atoms with Crippen LogP contribution in [0.2, 0.25) is 5.15 Å². The first kappa shape index (κ1) is 16.3. The lowest BCUT2D eigenvalue weighted by molar-refractivity contribution is 0.518. The van der Waals surface area contributed by atoms with E-state index in [-0.39, 0.29) is 0 Å². The van der Waals surface area contributed by atoms with E-state index in [0.717, 1.165) is 28.1 Å². The van der Waals surface area contributed by atoms with Crippen molar-refractivity contribution in [2.24, 2.45) is 0 Å². The zero-order valence-corrected chi connectivity index (χ0v) is 15.0. The number of anilines is 1. The normalized spacial score (nSPS) is 12.7. The molecule has 23 heavy (non-hydrogen) atoms. The minimum Gasteiger partial charge on any atom is -0.467 e. The lowest BCUT2D eigenvalue weighted by Gasteiger charge is -2.08. The standard InChI is InChI=1S/C17H20ClN3OS/c1-10(19-3)7-14-11(2)16-17(23-14)13(8-15(18)21-16)20-9-12-5-4-6-22-12/h4-6,8,10,19H,7,9H2,1-3H3,(H,20,21)/t10-/m0/s1. The van der Waals surface area contributed by atoms with Crippen LogP contribution in [0.5, 0.6) is 0 Å². The number of nitrogens with zero attached hydrogens (tertiary/aromatic N) is 1. The summed E-state index contributed by atoms with van der Waals surface area (Å²) in [7, 11) is 1.98. The van der Waals surface area contributed by atoms with Gasteiger partial charge >= 0.3 is 0 Å². The fraction of sp³-hybridized carbons (Fsp3) is 0.353. The van der Waals surface area contributed by atoms with Crippen LogP contribution >= 0.6 is 22.9 Å². The Morgan fingerprint density at radius 3 is 2.96 bits per heavy atom. The maximum absolute atomic E-state index is 6.22. The summed E-state index contributed by atoms with van der Waals surface area (Å²) in [5, 5.41) is 7.21. The molecule has 0 bridgehead atoms. The smallest absolute Gasteiger partial charge is 0.131 e. The molecule has 122 valence electrons. The summed E-state index contributed by atoms with van der Waals surface area (Å²) < 4.78 is 6.53. The average molecular weight is 350 g/mol. The molecule has 0 aromatic carbocycles. The van der Waals surface area contributed by atoms with E-state index < -0.39 is 0 Å². The molecule has 3 rings (SSSR count). The third kappa shape index (κ3) is 3.52. The van der Waals surface area contributed by atoms with Gasteiger partial charge in [-0.1, -0.05) is 11.6 Å². The molecule has 6 heteroatoms. The van der Waals surface area contributed by atoms with Crippen molar-refractivity contribution < 1.29 is 4.42 Å². The Balaban J connectivity index is 1.95. The summed E-state index contributed by atoms with van der Waals surface area (Å²) in [5.41, 5.74) is 3.21. The predicted octanol–water partition coefficient (Wildman–Crippen LogP) is 4.61.